The summed E-state index contributed by atoms with van der Waals surface area (Å²) in [6.07, 6.45) is 3.82. The van der Waals surface area contributed by atoms with E-state index in [1.807, 2.05) is 18.2 Å². The van der Waals surface area contributed by atoms with Gasteiger partial charge in [0.1, 0.15) is 0 Å². The van der Waals surface area contributed by atoms with Crippen molar-refractivity contribution in [1.29, 1.82) is 0 Å². The number of nitrogen functional groups attached to an aromatic ring is 1. The predicted octanol–water partition coefficient (Wildman–Crippen LogP) is 2.42. The summed E-state index contributed by atoms with van der Waals surface area (Å²) >= 11 is 3.43. The van der Waals surface area contributed by atoms with Gasteiger partial charge in [-0.15, -0.1) is 0 Å². The fourth-order valence-electron chi connectivity index (χ4n) is 2.27. The number of para-hydroxylation sites is 1. The van der Waals surface area contributed by atoms with Crippen LogP contribution in [0.5, 0.6) is 0 Å². The van der Waals surface area contributed by atoms with Gasteiger partial charge in [0.15, 0.2) is 0 Å². The minimum Gasteiger partial charge on any atom is -0.398 e. The van der Waals surface area contributed by atoms with Gasteiger partial charge in [0, 0.05) is 17.1 Å². The Balaban J connectivity index is 1.87. The van der Waals surface area contributed by atoms with Crippen molar-refractivity contribution in [2.75, 3.05) is 5.73 Å². The summed E-state index contributed by atoms with van der Waals surface area (Å²) < 4.78 is 0.955. The maximum Gasteiger partial charge on any atom is 0.0541 e. The number of hydrogen-bond donors (Lipinski definition) is 3. The van der Waals surface area contributed by atoms with Crippen molar-refractivity contribution in [3.63, 3.8) is 0 Å². The second kappa shape index (κ2) is 5.85. The third-order valence-corrected chi connectivity index (χ3v) is 4.11. The number of hydrogen-bond acceptors (Lipinski definition) is 3. The van der Waals surface area contributed by atoms with Crippen LogP contribution in [0.3, 0.4) is 0 Å². The van der Waals surface area contributed by atoms with Crippen LogP contribution < -0.4 is 11.1 Å². The molecule has 0 atom stereocenters. The Bertz CT molecular complexity index is 376. The summed E-state index contributed by atoms with van der Waals surface area (Å²) in [5.41, 5.74) is 7.94. The molecule has 1 aliphatic carbocycles. The van der Waals surface area contributed by atoms with Gasteiger partial charge in [-0.3, -0.25) is 0 Å². The van der Waals surface area contributed by atoms with Gasteiger partial charge in [-0.1, -0.05) is 12.1 Å². The third kappa shape index (κ3) is 3.44. The van der Waals surface area contributed by atoms with Gasteiger partial charge in [0.25, 0.3) is 0 Å². The van der Waals surface area contributed by atoms with Crippen LogP contribution in [0.25, 0.3) is 0 Å². The zero-order valence-corrected chi connectivity index (χ0v) is 11.4. The van der Waals surface area contributed by atoms with E-state index in [9.17, 15) is 5.11 Å². The molecular weight excluding hydrogens is 280 g/mol. The zero-order chi connectivity index (χ0) is 12.3. The standard InChI is InChI=1S/C13H19BrN2O/c14-12-3-1-2-9(13(12)15)8-16-10-4-6-11(17)7-5-10/h1-3,10-11,16-17H,4-8,15H2. The molecule has 0 bridgehead atoms. The topological polar surface area (TPSA) is 58.3 Å². The van der Waals surface area contributed by atoms with E-state index < -0.39 is 0 Å². The first-order valence-corrected chi connectivity index (χ1v) is 6.90. The molecule has 0 heterocycles. The second-order valence-electron chi connectivity index (χ2n) is 4.70. The van der Waals surface area contributed by atoms with Crippen LogP contribution in [0.4, 0.5) is 5.69 Å². The minimum absolute atomic E-state index is 0.0935. The van der Waals surface area contributed by atoms with Gasteiger partial charge in [-0.2, -0.15) is 0 Å². The third-order valence-electron chi connectivity index (χ3n) is 3.42. The lowest BCUT2D eigenvalue weighted by Crippen LogP contribution is -2.34. The molecule has 1 fully saturated rings. The second-order valence-corrected chi connectivity index (χ2v) is 5.55. The van der Waals surface area contributed by atoms with Crippen LogP contribution in [0, 0.1) is 0 Å². The molecule has 1 aromatic carbocycles. The van der Waals surface area contributed by atoms with Gasteiger partial charge in [-0.25, -0.2) is 0 Å². The maximum absolute atomic E-state index is 9.44. The molecule has 0 spiro atoms. The highest BCUT2D eigenvalue weighted by molar-refractivity contribution is 9.10. The van der Waals surface area contributed by atoms with E-state index in [2.05, 4.69) is 21.2 Å². The molecule has 0 aromatic heterocycles. The molecule has 1 aliphatic rings. The summed E-state index contributed by atoms with van der Waals surface area (Å²) in [7, 11) is 0. The van der Waals surface area contributed by atoms with Crippen LogP contribution >= 0.6 is 15.9 Å². The highest BCUT2D eigenvalue weighted by Crippen LogP contribution is 2.24. The predicted molar refractivity (Wildman–Crippen MR) is 73.7 cm³/mol. The van der Waals surface area contributed by atoms with Gasteiger partial charge in [0.2, 0.25) is 0 Å². The number of anilines is 1. The minimum atomic E-state index is -0.0935. The lowest BCUT2D eigenvalue weighted by Gasteiger charge is -2.26. The van der Waals surface area contributed by atoms with E-state index >= 15 is 0 Å². The highest BCUT2D eigenvalue weighted by atomic mass is 79.9. The van der Waals surface area contributed by atoms with E-state index in [0.29, 0.717) is 6.04 Å². The molecule has 0 amide bonds. The number of aliphatic hydroxyl groups excluding tert-OH is 1. The Morgan fingerprint density at radius 2 is 2.00 bits per heavy atom. The molecule has 2 rings (SSSR count). The van der Waals surface area contributed by atoms with Crippen LogP contribution in [0.15, 0.2) is 22.7 Å². The van der Waals surface area contributed by atoms with E-state index in [-0.39, 0.29) is 6.10 Å². The van der Waals surface area contributed by atoms with E-state index in [1.165, 1.54) is 0 Å². The summed E-state index contributed by atoms with van der Waals surface area (Å²) in [5.74, 6) is 0. The van der Waals surface area contributed by atoms with Crippen molar-refractivity contribution in [2.24, 2.45) is 0 Å². The van der Waals surface area contributed by atoms with E-state index in [4.69, 9.17) is 5.73 Å². The molecule has 17 heavy (non-hydrogen) atoms. The lowest BCUT2D eigenvalue weighted by atomic mass is 9.93. The number of nitrogens with one attached hydrogen (secondary N) is 1. The molecule has 0 saturated heterocycles. The fourth-order valence-corrected chi connectivity index (χ4v) is 2.68. The Kier molecular flexibility index (Phi) is 4.42. The van der Waals surface area contributed by atoms with Crippen LogP contribution in [0.1, 0.15) is 31.2 Å². The molecule has 4 heteroatoms. The normalized spacial score (nSPS) is 24.8. The van der Waals surface area contributed by atoms with Gasteiger partial charge in [-0.05, 0) is 53.2 Å². The van der Waals surface area contributed by atoms with Gasteiger partial charge in [0.05, 0.1) is 11.8 Å². The Morgan fingerprint density at radius 1 is 1.29 bits per heavy atom. The lowest BCUT2D eigenvalue weighted by molar-refractivity contribution is 0.116. The molecule has 4 N–H and O–H groups in total. The van der Waals surface area contributed by atoms with Crippen molar-refractivity contribution in [1.82, 2.24) is 5.32 Å². The molecule has 0 aliphatic heterocycles. The monoisotopic (exact) mass is 298 g/mol. The largest absolute Gasteiger partial charge is 0.398 e. The summed E-state index contributed by atoms with van der Waals surface area (Å²) in [6, 6.07) is 6.51. The number of nitrogens with two attached hydrogens (primary N) is 1. The molecular formula is C13H19BrN2O. The zero-order valence-electron chi connectivity index (χ0n) is 9.82. The quantitative estimate of drug-likeness (QED) is 0.751. The van der Waals surface area contributed by atoms with Crippen LogP contribution in [0.2, 0.25) is 0 Å². The Hall–Kier alpha value is -0.580. The molecule has 0 radical (unpaired) electrons. The van der Waals surface area contributed by atoms with Gasteiger partial charge < -0.3 is 16.2 Å². The van der Waals surface area contributed by atoms with E-state index in [0.717, 1.165) is 48.0 Å². The summed E-state index contributed by atoms with van der Waals surface area (Å²) in [6.45, 7) is 0.798. The maximum atomic E-state index is 9.44. The van der Waals surface area contributed by atoms with Crippen molar-refractivity contribution in [3.8, 4) is 0 Å². The average Bonchev–Trinajstić information content (AvgIpc) is 2.33. The number of benzene rings is 1. The average molecular weight is 299 g/mol. The first-order chi connectivity index (χ1) is 8.16. The smallest absolute Gasteiger partial charge is 0.0541 e. The molecule has 1 saturated carbocycles. The number of rotatable bonds is 3. The Morgan fingerprint density at radius 3 is 2.71 bits per heavy atom. The number of halogens is 1. The van der Waals surface area contributed by atoms with Crippen LogP contribution in [-0.4, -0.2) is 17.3 Å². The Labute approximate surface area is 111 Å². The van der Waals surface area contributed by atoms with E-state index in [1.54, 1.807) is 0 Å². The summed E-state index contributed by atoms with van der Waals surface area (Å²) in [5, 5.41) is 13.0. The first-order valence-electron chi connectivity index (χ1n) is 6.11. The van der Waals surface area contributed by atoms with Crippen molar-refractivity contribution in [2.45, 2.75) is 44.4 Å². The fraction of sp³-hybridized carbons (Fsp3) is 0.538. The van der Waals surface area contributed by atoms with Crippen molar-refractivity contribution >= 4 is 21.6 Å². The van der Waals surface area contributed by atoms with Crippen molar-refractivity contribution in [3.05, 3.63) is 28.2 Å². The number of aliphatic hydroxyl groups is 1. The first kappa shape index (κ1) is 12.9. The molecule has 94 valence electrons. The summed E-state index contributed by atoms with van der Waals surface area (Å²) in [4.78, 5) is 0. The molecule has 0 unspecified atom stereocenters. The van der Waals surface area contributed by atoms with Crippen molar-refractivity contribution < 1.29 is 5.11 Å². The SMILES string of the molecule is Nc1c(Br)cccc1CNC1CCC(O)CC1. The molecule has 3 nitrogen and oxygen atoms in total. The highest BCUT2D eigenvalue weighted by Gasteiger charge is 2.18. The molecule has 1 aromatic rings. The van der Waals surface area contributed by atoms with Crippen LogP contribution in [-0.2, 0) is 6.54 Å². The van der Waals surface area contributed by atoms with Gasteiger partial charge >= 0.3 is 0 Å².